The Labute approximate surface area is 99.5 Å². The van der Waals surface area contributed by atoms with Gasteiger partial charge in [-0.05, 0) is 37.6 Å². The van der Waals surface area contributed by atoms with Gasteiger partial charge in [0, 0.05) is 10.9 Å². The van der Waals surface area contributed by atoms with Crippen LogP contribution < -0.4 is 4.74 Å². The highest BCUT2D eigenvalue weighted by atomic mass is 16.5. The smallest absolute Gasteiger partial charge is 0.354 e. The normalized spacial score (nSPS) is 10.5. The average Bonchev–Trinajstić information content (AvgIpc) is 2.67. The van der Waals surface area contributed by atoms with Crippen molar-refractivity contribution in [3.8, 4) is 5.75 Å². The maximum atomic E-state index is 11.5. The van der Waals surface area contributed by atoms with Gasteiger partial charge in [0.05, 0.1) is 13.7 Å². The Hall–Kier alpha value is -1.97. The molecular formula is C13H15NO3. The Morgan fingerprint density at radius 1 is 1.41 bits per heavy atom. The molecule has 0 fully saturated rings. The topological polar surface area (TPSA) is 51.3 Å². The third-order valence-electron chi connectivity index (χ3n) is 2.73. The molecule has 0 aliphatic carbocycles. The SMILES string of the molecule is CCOc1ccc2[nH]c(C(=O)OC)c(C)c2c1. The number of aromatic amines is 1. The minimum absolute atomic E-state index is 0.350. The van der Waals surface area contributed by atoms with Crippen molar-refractivity contribution in [3.63, 3.8) is 0 Å². The second-order valence-corrected chi connectivity index (χ2v) is 3.76. The lowest BCUT2D eigenvalue weighted by Crippen LogP contribution is -2.02. The molecule has 0 spiro atoms. The summed E-state index contributed by atoms with van der Waals surface area (Å²) in [5.41, 5.74) is 2.29. The lowest BCUT2D eigenvalue weighted by atomic mass is 10.1. The van der Waals surface area contributed by atoms with Crippen molar-refractivity contribution in [1.29, 1.82) is 0 Å². The van der Waals surface area contributed by atoms with Crippen LogP contribution in [-0.4, -0.2) is 24.7 Å². The highest BCUT2D eigenvalue weighted by molar-refractivity contribution is 5.98. The maximum Gasteiger partial charge on any atom is 0.354 e. The molecule has 0 aliphatic rings. The predicted octanol–water partition coefficient (Wildman–Crippen LogP) is 2.66. The van der Waals surface area contributed by atoms with Gasteiger partial charge in [0.2, 0.25) is 0 Å². The molecule has 2 aromatic rings. The number of rotatable bonds is 3. The van der Waals surface area contributed by atoms with Crippen LogP contribution in [0.4, 0.5) is 0 Å². The molecule has 0 radical (unpaired) electrons. The van der Waals surface area contributed by atoms with Crippen LogP contribution >= 0.6 is 0 Å². The van der Waals surface area contributed by atoms with Crippen molar-refractivity contribution in [3.05, 3.63) is 29.5 Å². The fraction of sp³-hybridized carbons (Fsp3) is 0.308. The number of methoxy groups -OCH3 is 1. The molecule has 0 saturated heterocycles. The zero-order chi connectivity index (χ0) is 12.4. The Balaban J connectivity index is 2.54. The van der Waals surface area contributed by atoms with E-state index in [1.807, 2.05) is 32.0 Å². The number of ether oxygens (including phenoxy) is 2. The zero-order valence-corrected chi connectivity index (χ0v) is 10.2. The minimum atomic E-state index is -0.350. The van der Waals surface area contributed by atoms with Crippen LogP contribution in [0.15, 0.2) is 18.2 Å². The third-order valence-corrected chi connectivity index (χ3v) is 2.73. The van der Waals surface area contributed by atoms with E-state index in [0.717, 1.165) is 22.2 Å². The number of aromatic nitrogens is 1. The van der Waals surface area contributed by atoms with Gasteiger partial charge >= 0.3 is 5.97 Å². The number of aryl methyl sites for hydroxylation is 1. The number of nitrogens with one attached hydrogen (secondary N) is 1. The van der Waals surface area contributed by atoms with Crippen LogP contribution in [0, 0.1) is 6.92 Å². The highest BCUT2D eigenvalue weighted by Crippen LogP contribution is 2.26. The molecule has 0 atom stereocenters. The first-order valence-corrected chi connectivity index (χ1v) is 5.50. The monoisotopic (exact) mass is 233 g/mol. The quantitative estimate of drug-likeness (QED) is 0.829. The van der Waals surface area contributed by atoms with Crippen LogP contribution in [0.1, 0.15) is 23.0 Å². The first-order chi connectivity index (χ1) is 8.17. The summed E-state index contributed by atoms with van der Waals surface area (Å²) in [6, 6.07) is 5.71. The lowest BCUT2D eigenvalue weighted by molar-refractivity contribution is 0.0594. The lowest BCUT2D eigenvalue weighted by Gasteiger charge is -2.02. The molecule has 0 unspecified atom stereocenters. The molecular weight excluding hydrogens is 218 g/mol. The molecule has 0 amide bonds. The van der Waals surface area contributed by atoms with Crippen molar-refractivity contribution in [1.82, 2.24) is 4.98 Å². The van der Waals surface area contributed by atoms with E-state index >= 15 is 0 Å². The number of carbonyl (C=O) groups is 1. The summed E-state index contributed by atoms with van der Waals surface area (Å²) >= 11 is 0. The Morgan fingerprint density at radius 2 is 2.18 bits per heavy atom. The van der Waals surface area contributed by atoms with Gasteiger partial charge in [0.25, 0.3) is 0 Å². The molecule has 1 heterocycles. The van der Waals surface area contributed by atoms with Crippen LogP contribution in [0.3, 0.4) is 0 Å². The molecule has 90 valence electrons. The number of H-pyrrole nitrogens is 1. The van der Waals surface area contributed by atoms with Gasteiger partial charge in [-0.3, -0.25) is 0 Å². The number of hydrogen-bond acceptors (Lipinski definition) is 3. The molecule has 2 rings (SSSR count). The zero-order valence-electron chi connectivity index (χ0n) is 10.2. The molecule has 0 aliphatic heterocycles. The summed E-state index contributed by atoms with van der Waals surface area (Å²) in [6.07, 6.45) is 0. The fourth-order valence-electron chi connectivity index (χ4n) is 1.87. The molecule has 0 bridgehead atoms. The number of carbonyl (C=O) groups excluding carboxylic acids is 1. The Bertz CT molecular complexity index is 557. The predicted molar refractivity (Wildman–Crippen MR) is 65.5 cm³/mol. The van der Waals surface area contributed by atoms with Crippen LogP contribution in [-0.2, 0) is 4.74 Å². The van der Waals surface area contributed by atoms with E-state index in [2.05, 4.69) is 4.98 Å². The van der Waals surface area contributed by atoms with Crippen molar-refractivity contribution in [2.45, 2.75) is 13.8 Å². The van der Waals surface area contributed by atoms with Crippen molar-refractivity contribution < 1.29 is 14.3 Å². The first-order valence-electron chi connectivity index (χ1n) is 5.50. The number of hydrogen-bond donors (Lipinski definition) is 1. The fourth-order valence-corrected chi connectivity index (χ4v) is 1.87. The first kappa shape index (κ1) is 11.5. The van der Waals surface area contributed by atoms with Gasteiger partial charge in [-0.2, -0.15) is 0 Å². The number of fused-ring (bicyclic) bond motifs is 1. The second-order valence-electron chi connectivity index (χ2n) is 3.76. The van der Waals surface area contributed by atoms with Crippen LogP contribution in [0.2, 0.25) is 0 Å². The molecule has 4 nitrogen and oxygen atoms in total. The van der Waals surface area contributed by atoms with Gasteiger partial charge in [-0.15, -0.1) is 0 Å². The summed E-state index contributed by atoms with van der Waals surface area (Å²) in [4.78, 5) is 14.6. The molecule has 0 saturated carbocycles. The summed E-state index contributed by atoms with van der Waals surface area (Å²) in [5.74, 6) is 0.454. The minimum Gasteiger partial charge on any atom is -0.494 e. The van der Waals surface area contributed by atoms with Gasteiger partial charge in [0.15, 0.2) is 0 Å². The number of esters is 1. The van der Waals surface area contributed by atoms with Crippen molar-refractivity contribution in [2.24, 2.45) is 0 Å². The van der Waals surface area contributed by atoms with E-state index in [-0.39, 0.29) is 5.97 Å². The Kier molecular flexibility index (Phi) is 3.04. The Morgan fingerprint density at radius 3 is 2.82 bits per heavy atom. The van der Waals surface area contributed by atoms with Crippen molar-refractivity contribution in [2.75, 3.05) is 13.7 Å². The summed E-state index contributed by atoms with van der Waals surface area (Å²) < 4.78 is 10.2. The molecule has 1 aromatic heterocycles. The standard InChI is InChI=1S/C13H15NO3/c1-4-17-9-5-6-11-10(7-9)8(2)12(14-11)13(15)16-3/h5-7,14H,4H2,1-3H3. The molecule has 17 heavy (non-hydrogen) atoms. The van der Waals surface area contributed by atoms with Crippen LogP contribution in [0.5, 0.6) is 5.75 Å². The van der Waals surface area contributed by atoms with Gasteiger partial charge in [-0.1, -0.05) is 0 Å². The largest absolute Gasteiger partial charge is 0.494 e. The van der Waals surface area contributed by atoms with E-state index in [9.17, 15) is 4.79 Å². The molecule has 1 N–H and O–H groups in total. The van der Waals surface area contributed by atoms with Gasteiger partial charge < -0.3 is 14.5 Å². The highest BCUT2D eigenvalue weighted by Gasteiger charge is 2.15. The maximum absolute atomic E-state index is 11.5. The van der Waals surface area contributed by atoms with Gasteiger partial charge in [0.1, 0.15) is 11.4 Å². The van der Waals surface area contributed by atoms with E-state index in [1.54, 1.807) is 0 Å². The third kappa shape index (κ3) is 1.98. The molecule has 4 heteroatoms. The molecule has 1 aromatic carbocycles. The van der Waals surface area contributed by atoms with Crippen LogP contribution in [0.25, 0.3) is 10.9 Å². The second kappa shape index (κ2) is 4.49. The van der Waals surface area contributed by atoms with E-state index in [4.69, 9.17) is 9.47 Å². The van der Waals surface area contributed by atoms with Crippen molar-refractivity contribution >= 4 is 16.9 Å². The summed E-state index contributed by atoms with van der Waals surface area (Å²) in [6.45, 7) is 4.45. The van der Waals surface area contributed by atoms with E-state index in [1.165, 1.54) is 7.11 Å². The van der Waals surface area contributed by atoms with Gasteiger partial charge in [-0.25, -0.2) is 4.79 Å². The summed E-state index contributed by atoms with van der Waals surface area (Å²) in [5, 5.41) is 0.983. The van der Waals surface area contributed by atoms with E-state index < -0.39 is 0 Å². The number of benzene rings is 1. The average molecular weight is 233 g/mol. The van der Waals surface area contributed by atoms with E-state index in [0.29, 0.717) is 12.3 Å². The summed E-state index contributed by atoms with van der Waals surface area (Å²) in [7, 11) is 1.37.